The Balaban J connectivity index is -0.0000000603. The van der Waals surface area contributed by atoms with Crippen molar-refractivity contribution < 1.29 is 116 Å². The summed E-state index contributed by atoms with van der Waals surface area (Å²) < 4.78 is 0. The molecule has 0 heterocycles. The summed E-state index contributed by atoms with van der Waals surface area (Å²) in [4.78, 5) is 97.0. The van der Waals surface area contributed by atoms with Gasteiger partial charge in [-0.2, -0.15) is 25.3 Å². The third-order valence-corrected chi connectivity index (χ3v) is 6.93. The molecule has 28 N–H and O–H groups in total. The molecular formula is C36H80CuN10O20S2. The van der Waals surface area contributed by atoms with Crippen molar-refractivity contribution in [1.82, 2.24) is 0 Å². The van der Waals surface area contributed by atoms with Crippen LogP contribution in [0, 0.1) is 23.7 Å². The van der Waals surface area contributed by atoms with Crippen molar-refractivity contribution in [3.63, 3.8) is 0 Å². The van der Waals surface area contributed by atoms with Crippen molar-refractivity contribution in [2.45, 2.75) is 118 Å². The fraction of sp³-hybridized carbons (Fsp3) is 0.722. The Labute approximate surface area is 422 Å². The van der Waals surface area contributed by atoms with Gasteiger partial charge in [-0.05, 0) is 37.5 Å². The average molecular weight is 1100 g/mol. The molecule has 69 heavy (non-hydrogen) atoms. The third kappa shape index (κ3) is 90.6. The molecule has 0 saturated heterocycles. The second-order valence-electron chi connectivity index (χ2n) is 14.1. The van der Waals surface area contributed by atoms with Gasteiger partial charge in [0.15, 0.2) is 0 Å². The summed E-state index contributed by atoms with van der Waals surface area (Å²) in [5.41, 5.74) is 49.2. The van der Waals surface area contributed by atoms with E-state index in [-0.39, 0.29) is 65.3 Å². The molecular weight excluding hydrogens is 1020 g/mol. The van der Waals surface area contributed by atoms with E-state index in [1.165, 1.54) is 13.8 Å². The van der Waals surface area contributed by atoms with Crippen molar-refractivity contribution in [3.05, 3.63) is 0 Å². The first-order valence-corrected chi connectivity index (χ1v) is 20.6. The fourth-order valence-electron chi connectivity index (χ4n) is 1.29. The van der Waals surface area contributed by atoms with Crippen LogP contribution in [0.2, 0.25) is 0 Å². The van der Waals surface area contributed by atoms with Gasteiger partial charge in [-0.15, -0.1) is 0 Å². The number of carboxylic acid groups (broad SMARTS) is 10. The Morgan fingerprint density at radius 2 is 0.493 bits per heavy atom. The van der Waals surface area contributed by atoms with Gasteiger partial charge in [0.2, 0.25) is 0 Å². The summed E-state index contributed by atoms with van der Waals surface area (Å²) in [5.74, 6) is -9.75. The predicted molar refractivity (Wildman–Crippen MR) is 251 cm³/mol. The van der Waals surface area contributed by atoms with Crippen LogP contribution in [0.4, 0.5) is 0 Å². The largest absolute Gasteiger partial charge is 2.00 e. The maximum atomic E-state index is 10.0. The number of thiol groups is 2. The van der Waals surface area contributed by atoms with Gasteiger partial charge in [-0.25, -0.2) is 0 Å². The van der Waals surface area contributed by atoms with Crippen LogP contribution in [0.25, 0.3) is 0 Å². The van der Waals surface area contributed by atoms with Gasteiger partial charge in [-0.3, -0.25) is 38.4 Å². The van der Waals surface area contributed by atoms with Crippen LogP contribution in [0.5, 0.6) is 0 Å². The zero-order valence-electron chi connectivity index (χ0n) is 40.2. The molecule has 1 radical (unpaired) electrons. The van der Waals surface area contributed by atoms with Gasteiger partial charge in [0.05, 0.1) is 37.1 Å². The molecule has 0 aliphatic rings. The number of nitrogens with two attached hydrogens (primary N) is 10. The second kappa shape index (κ2) is 57.8. The molecule has 0 unspecified atom stereocenters. The maximum Gasteiger partial charge on any atom is 2.00 e. The topological polar surface area (TPSA) is 639 Å². The van der Waals surface area contributed by atoms with Crippen LogP contribution in [-0.2, 0) is 65.0 Å². The zero-order chi connectivity index (χ0) is 57.5. The van der Waals surface area contributed by atoms with Crippen LogP contribution < -0.4 is 67.5 Å². The quantitative estimate of drug-likeness (QED) is 0.0504. The first-order valence-electron chi connectivity index (χ1n) is 19.3. The Bertz CT molecular complexity index is 1240. The molecule has 0 spiro atoms. The number of aliphatic carboxylic acids is 10. The fourth-order valence-corrected chi connectivity index (χ4v) is 1.59. The third-order valence-electron chi connectivity index (χ3n) is 6.14. The second-order valence-corrected chi connectivity index (χ2v) is 14.8. The first-order chi connectivity index (χ1) is 30.4. The number of carbonyl (C=O) groups is 10. The monoisotopic (exact) mass is 1100 g/mol. The van der Waals surface area contributed by atoms with E-state index in [2.05, 4.69) is 36.7 Å². The van der Waals surface area contributed by atoms with Crippen LogP contribution >= 0.6 is 25.3 Å². The molecule has 0 fully saturated rings. The van der Waals surface area contributed by atoms with E-state index >= 15 is 0 Å². The van der Waals surface area contributed by atoms with Gasteiger partial charge in [0.25, 0.3) is 0 Å². The molecule has 0 rings (SSSR count). The van der Waals surface area contributed by atoms with Crippen molar-refractivity contribution in [2.24, 2.45) is 81.0 Å². The first kappa shape index (κ1) is 90.9. The van der Waals surface area contributed by atoms with Crippen LogP contribution in [-0.4, -0.2) is 173 Å². The zero-order valence-corrected chi connectivity index (χ0v) is 42.9. The molecule has 33 heteroatoms. The Morgan fingerprint density at radius 1 is 0.377 bits per heavy atom. The Kier molecular flexibility index (Phi) is 76.2. The number of hydrogen-bond acceptors (Lipinski definition) is 24. The van der Waals surface area contributed by atoms with Crippen molar-refractivity contribution in [2.75, 3.05) is 24.6 Å². The molecule has 0 aromatic carbocycles. The summed E-state index contributed by atoms with van der Waals surface area (Å²) in [6.45, 7) is 16.5. The van der Waals surface area contributed by atoms with Crippen LogP contribution in [0.1, 0.15) is 69.2 Å². The number of carboxylic acids is 10. The van der Waals surface area contributed by atoms with Crippen LogP contribution in [0.15, 0.2) is 0 Å². The summed E-state index contributed by atoms with van der Waals surface area (Å²) in [6.07, 6.45) is 0. The van der Waals surface area contributed by atoms with E-state index in [0.29, 0.717) is 0 Å². The predicted octanol–water partition coefficient (Wildman–Crippen LogP) is -6.90. The van der Waals surface area contributed by atoms with Gasteiger partial charge in [-0.1, -0.05) is 55.4 Å². The molecule has 0 bridgehead atoms. The summed E-state index contributed by atoms with van der Waals surface area (Å²) in [7, 11) is 0. The van der Waals surface area contributed by atoms with Gasteiger partial charge >= 0.3 is 64.8 Å². The molecule has 0 aromatic rings. The normalized spacial score (nSPS) is 12.7. The van der Waals surface area contributed by atoms with E-state index < -0.39 is 108 Å². The molecule has 0 saturated carbocycles. The minimum atomic E-state index is -1.25. The van der Waals surface area contributed by atoms with Gasteiger partial charge in [0, 0.05) is 11.5 Å². The smallest absolute Gasteiger partial charge is 0.548 e. The Hall–Kier alpha value is -4.48. The number of carbonyl (C=O) groups excluding carboxylic acids is 2. The summed E-state index contributed by atoms with van der Waals surface area (Å²) >= 11 is 7.22. The van der Waals surface area contributed by atoms with Crippen molar-refractivity contribution >= 4 is 85.0 Å². The summed E-state index contributed by atoms with van der Waals surface area (Å²) in [5, 5.41) is 83.1. The minimum absolute atomic E-state index is 0. The number of hydrogen-bond donors (Lipinski definition) is 20. The molecule has 0 aliphatic heterocycles. The van der Waals surface area contributed by atoms with Gasteiger partial charge < -0.3 is 118 Å². The molecule has 0 aliphatic carbocycles. The van der Waals surface area contributed by atoms with Crippen molar-refractivity contribution in [3.8, 4) is 0 Å². The molecule has 417 valence electrons. The molecule has 30 nitrogen and oxygen atoms in total. The minimum Gasteiger partial charge on any atom is -0.548 e. The standard InChI is InChI=1S/4C5H11NO2.2C3H7NO2S.2C3H7NO2.2C2H5NO2.Cu/c4*1-3(2)4(6)5(7)8;2*4-2(1-7)3(5)6;2*1-2(4)3(5)6;2*3-1-2(4)5;/h4*3-4H,6H2,1-2H3,(H,7,8);2*2,7H,1,4H2,(H,5,6);2*2H,4H2,1H3,(H,5,6);2*1,3H2,(H,4,5);/q;;;;;;;;;;+2/p-2/t4*4-;4*2-;;;/m00000000.../s1. The van der Waals surface area contributed by atoms with E-state index in [1.54, 1.807) is 55.4 Å². The SMILES string of the molecule is CC(C)[C@H](N)C(=O)O.CC(C)[C@H](N)C(=O)O.CC(C)[C@H](N)C(=O)O.CC(C)[C@H](N)C(=O)O.C[C@H](N)C(=O)O.C[C@H](N)C(=O)O.NCC(=O)O.NCC(=O)O.N[C@@H](CS)C(=O)[O-].N[C@@H](CS)C(=O)[O-].[Cu+2]. The van der Waals surface area contributed by atoms with E-state index in [9.17, 15) is 58.2 Å². The van der Waals surface area contributed by atoms with Crippen molar-refractivity contribution in [1.29, 1.82) is 0 Å². The maximum absolute atomic E-state index is 10.0. The van der Waals surface area contributed by atoms with E-state index in [0.717, 1.165) is 0 Å². The summed E-state index contributed by atoms with van der Waals surface area (Å²) in [6, 6.07) is -6.17. The van der Waals surface area contributed by atoms with Crippen LogP contribution in [0.3, 0.4) is 0 Å². The Morgan fingerprint density at radius 3 is 0.493 bits per heavy atom. The average Bonchev–Trinajstić information content (AvgIpc) is 3.23. The molecule has 0 aromatic heterocycles. The number of rotatable bonds is 16. The van der Waals surface area contributed by atoms with E-state index in [1.807, 2.05) is 0 Å². The molecule has 8 atom stereocenters. The van der Waals surface area contributed by atoms with Gasteiger partial charge in [0.1, 0.15) is 36.3 Å². The molecule has 0 amide bonds. The van der Waals surface area contributed by atoms with E-state index in [4.69, 9.17) is 86.7 Å².